The summed E-state index contributed by atoms with van der Waals surface area (Å²) in [7, 11) is 0. The van der Waals surface area contributed by atoms with Gasteiger partial charge in [0.2, 0.25) is 5.95 Å². The molecule has 0 unspecified atom stereocenters. The zero-order chi connectivity index (χ0) is 11.7. The number of H-pyrrole nitrogens is 1. The summed E-state index contributed by atoms with van der Waals surface area (Å²) >= 11 is 0. The van der Waals surface area contributed by atoms with Crippen LogP contribution in [0.2, 0.25) is 0 Å². The van der Waals surface area contributed by atoms with E-state index in [1.807, 2.05) is 0 Å². The van der Waals surface area contributed by atoms with E-state index in [1.165, 1.54) is 23.2 Å². The minimum absolute atomic E-state index is 0.107. The molecule has 0 atom stereocenters. The number of carboxylic acids is 1. The molecule has 0 bridgehead atoms. The van der Waals surface area contributed by atoms with Crippen LogP contribution in [0.25, 0.3) is 5.95 Å². The molecule has 0 saturated heterocycles. The smallest absolute Gasteiger partial charge is 0.356 e. The first-order chi connectivity index (χ1) is 7.56. The van der Waals surface area contributed by atoms with Gasteiger partial charge in [0.15, 0.2) is 5.69 Å². The SMILES string of the molecule is Cc1cc(=O)[nH]c(-n2cnc(C(=O)O)c2)n1. The lowest BCUT2D eigenvalue weighted by atomic mass is 10.4. The highest BCUT2D eigenvalue weighted by atomic mass is 16.4. The van der Waals surface area contributed by atoms with Crippen LogP contribution in [-0.4, -0.2) is 30.6 Å². The van der Waals surface area contributed by atoms with Gasteiger partial charge in [-0.3, -0.25) is 14.3 Å². The van der Waals surface area contributed by atoms with E-state index in [-0.39, 0.29) is 17.2 Å². The molecule has 7 nitrogen and oxygen atoms in total. The first-order valence-electron chi connectivity index (χ1n) is 4.42. The monoisotopic (exact) mass is 220 g/mol. The van der Waals surface area contributed by atoms with E-state index < -0.39 is 5.97 Å². The van der Waals surface area contributed by atoms with Gasteiger partial charge < -0.3 is 5.11 Å². The molecule has 2 N–H and O–H groups in total. The fourth-order valence-corrected chi connectivity index (χ4v) is 1.23. The summed E-state index contributed by atoms with van der Waals surface area (Å²) in [6, 6.07) is 1.35. The van der Waals surface area contributed by atoms with Crippen molar-refractivity contribution in [3.05, 3.63) is 40.3 Å². The van der Waals surface area contributed by atoms with Gasteiger partial charge in [-0.1, -0.05) is 0 Å². The molecule has 0 aromatic carbocycles. The molecule has 0 radical (unpaired) electrons. The molecular formula is C9H8N4O3. The van der Waals surface area contributed by atoms with E-state index in [2.05, 4.69) is 15.0 Å². The van der Waals surface area contributed by atoms with Gasteiger partial charge in [0.1, 0.15) is 6.33 Å². The maximum absolute atomic E-state index is 11.2. The molecular weight excluding hydrogens is 212 g/mol. The summed E-state index contributed by atoms with van der Waals surface area (Å²) in [5.41, 5.74) is 0.140. The van der Waals surface area contributed by atoms with Crippen LogP contribution >= 0.6 is 0 Å². The van der Waals surface area contributed by atoms with Crippen molar-refractivity contribution in [2.45, 2.75) is 6.92 Å². The van der Waals surface area contributed by atoms with Crippen molar-refractivity contribution < 1.29 is 9.90 Å². The van der Waals surface area contributed by atoms with E-state index in [0.717, 1.165) is 0 Å². The van der Waals surface area contributed by atoms with Gasteiger partial charge in [0.05, 0.1) is 0 Å². The summed E-state index contributed by atoms with van der Waals surface area (Å²) < 4.78 is 1.35. The van der Waals surface area contributed by atoms with Crippen LogP contribution < -0.4 is 5.56 Å². The molecule has 2 rings (SSSR count). The van der Waals surface area contributed by atoms with Crippen molar-refractivity contribution in [3.63, 3.8) is 0 Å². The topological polar surface area (TPSA) is 101 Å². The van der Waals surface area contributed by atoms with Crippen LogP contribution in [0.3, 0.4) is 0 Å². The lowest BCUT2D eigenvalue weighted by molar-refractivity contribution is 0.0691. The van der Waals surface area contributed by atoms with Gasteiger partial charge in [-0.2, -0.15) is 0 Å². The normalized spacial score (nSPS) is 10.3. The zero-order valence-corrected chi connectivity index (χ0v) is 8.34. The second kappa shape index (κ2) is 3.61. The number of rotatable bonds is 2. The number of hydrogen-bond donors (Lipinski definition) is 2. The summed E-state index contributed by atoms with van der Waals surface area (Å²) in [6.07, 6.45) is 2.56. The average Bonchev–Trinajstić information content (AvgIpc) is 2.64. The highest BCUT2D eigenvalue weighted by Crippen LogP contribution is 2.02. The maximum atomic E-state index is 11.2. The van der Waals surface area contributed by atoms with Gasteiger partial charge in [-0.25, -0.2) is 14.8 Å². The largest absolute Gasteiger partial charge is 0.476 e. The standard InChI is InChI=1S/C9H8N4O3/c1-5-2-7(14)12-9(11-5)13-3-6(8(15)16)10-4-13/h2-4H,1H3,(H,15,16)(H,11,12,14). The quantitative estimate of drug-likeness (QED) is 0.739. The number of carbonyl (C=O) groups is 1. The Morgan fingerprint density at radius 3 is 2.88 bits per heavy atom. The Hall–Kier alpha value is -2.44. The van der Waals surface area contributed by atoms with Crippen molar-refractivity contribution in [2.24, 2.45) is 0 Å². The third kappa shape index (κ3) is 1.83. The minimum atomic E-state index is -1.13. The zero-order valence-electron chi connectivity index (χ0n) is 8.34. The van der Waals surface area contributed by atoms with Crippen LogP contribution in [0.5, 0.6) is 0 Å². The molecule has 0 spiro atoms. The van der Waals surface area contributed by atoms with Crippen molar-refractivity contribution in [3.8, 4) is 5.95 Å². The van der Waals surface area contributed by atoms with Gasteiger partial charge in [0.25, 0.3) is 5.56 Å². The Morgan fingerprint density at radius 2 is 2.31 bits per heavy atom. The highest BCUT2D eigenvalue weighted by molar-refractivity contribution is 5.85. The van der Waals surface area contributed by atoms with Crippen molar-refractivity contribution in [2.75, 3.05) is 0 Å². The Bertz CT molecular complexity index is 599. The molecule has 82 valence electrons. The van der Waals surface area contributed by atoms with Crippen molar-refractivity contribution >= 4 is 5.97 Å². The summed E-state index contributed by atoms with van der Waals surface area (Å²) in [5.74, 6) is -0.890. The number of aromatic carboxylic acids is 1. The van der Waals surface area contributed by atoms with E-state index in [1.54, 1.807) is 6.92 Å². The minimum Gasteiger partial charge on any atom is -0.476 e. The number of aryl methyl sites for hydroxylation is 1. The molecule has 7 heteroatoms. The van der Waals surface area contributed by atoms with E-state index in [4.69, 9.17) is 5.11 Å². The maximum Gasteiger partial charge on any atom is 0.356 e. The van der Waals surface area contributed by atoms with Crippen LogP contribution in [0.1, 0.15) is 16.2 Å². The molecule has 0 fully saturated rings. The van der Waals surface area contributed by atoms with Gasteiger partial charge in [-0.05, 0) is 6.92 Å². The molecule has 2 heterocycles. The molecule has 16 heavy (non-hydrogen) atoms. The third-order valence-corrected chi connectivity index (χ3v) is 1.90. The lowest BCUT2D eigenvalue weighted by Crippen LogP contribution is -2.12. The Morgan fingerprint density at radius 1 is 1.56 bits per heavy atom. The number of nitrogens with zero attached hydrogens (tertiary/aromatic N) is 3. The second-order valence-corrected chi connectivity index (χ2v) is 3.18. The Labute approximate surface area is 89.4 Å². The van der Waals surface area contributed by atoms with Gasteiger partial charge in [0, 0.05) is 18.0 Å². The fraction of sp³-hybridized carbons (Fsp3) is 0.111. The predicted octanol–water partition coefficient (Wildman–Crippen LogP) is -0.0378. The number of carboxylic acid groups (broad SMARTS) is 1. The average molecular weight is 220 g/mol. The number of aromatic nitrogens is 4. The summed E-state index contributed by atoms with van der Waals surface area (Å²) in [6.45, 7) is 1.67. The molecule has 2 aromatic heterocycles. The number of hydrogen-bond acceptors (Lipinski definition) is 4. The molecule has 2 aromatic rings. The van der Waals surface area contributed by atoms with E-state index in [9.17, 15) is 9.59 Å². The highest BCUT2D eigenvalue weighted by Gasteiger charge is 2.08. The third-order valence-electron chi connectivity index (χ3n) is 1.90. The van der Waals surface area contributed by atoms with Crippen LogP contribution in [0.15, 0.2) is 23.4 Å². The first-order valence-corrected chi connectivity index (χ1v) is 4.42. The molecule has 0 aliphatic carbocycles. The van der Waals surface area contributed by atoms with Crippen molar-refractivity contribution in [1.29, 1.82) is 0 Å². The molecule has 0 aliphatic rings. The molecule has 0 amide bonds. The van der Waals surface area contributed by atoms with E-state index >= 15 is 0 Å². The fourth-order valence-electron chi connectivity index (χ4n) is 1.23. The number of aromatic amines is 1. The summed E-state index contributed by atoms with van der Waals surface area (Å²) in [5, 5.41) is 8.69. The molecule has 0 saturated carbocycles. The first kappa shape index (κ1) is 10.1. The van der Waals surface area contributed by atoms with Gasteiger partial charge >= 0.3 is 5.97 Å². The second-order valence-electron chi connectivity index (χ2n) is 3.18. The van der Waals surface area contributed by atoms with Gasteiger partial charge in [-0.15, -0.1) is 0 Å². The van der Waals surface area contributed by atoms with Crippen LogP contribution in [-0.2, 0) is 0 Å². The summed E-state index contributed by atoms with van der Waals surface area (Å²) in [4.78, 5) is 32.0. The Kier molecular flexibility index (Phi) is 2.28. The molecule has 0 aliphatic heterocycles. The van der Waals surface area contributed by atoms with E-state index in [0.29, 0.717) is 5.69 Å². The Balaban J connectivity index is 2.50. The number of nitrogens with one attached hydrogen (secondary N) is 1. The van der Waals surface area contributed by atoms with Crippen LogP contribution in [0, 0.1) is 6.92 Å². The lowest BCUT2D eigenvalue weighted by Gasteiger charge is -2.00. The van der Waals surface area contributed by atoms with Crippen molar-refractivity contribution in [1.82, 2.24) is 19.5 Å². The van der Waals surface area contributed by atoms with Crippen LogP contribution in [0.4, 0.5) is 0 Å². The number of imidazole rings is 1. The predicted molar refractivity (Wildman–Crippen MR) is 53.7 cm³/mol.